The standard InChI is InChI=1S/C41H49N2O8PS2/c1-26(2)28-20-21-40(4,53)36(22-28)51-52(54)50-34-23-37(43-24-27(3)38(44)42-39(43)45)49-35(34)25-48-41(29-10-8-7-9-11-29,30-12-16-32(46-5)17-13-30)31-14-18-33(47-6)19-15-31/h7-19,24,28,34-37,52-53H,1,20-23,25H2,2-6H3,(H,42,44,45)/t28-,34-,35+,36+,37+,40+/m0/s1. The Labute approximate surface area is 327 Å². The fourth-order valence-electron chi connectivity index (χ4n) is 7.37. The molecule has 54 heavy (non-hydrogen) atoms. The molecular weight excluding hydrogens is 744 g/mol. The maximum Gasteiger partial charge on any atom is 0.330 e. The zero-order valence-electron chi connectivity index (χ0n) is 31.3. The summed E-state index contributed by atoms with van der Waals surface area (Å²) in [4.78, 5) is 27.8. The summed E-state index contributed by atoms with van der Waals surface area (Å²) in [6.45, 7) is 10.0. The van der Waals surface area contributed by atoms with Gasteiger partial charge >= 0.3 is 5.69 Å². The van der Waals surface area contributed by atoms with Crippen LogP contribution in [0.25, 0.3) is 0 Å². The van der Waals surface area contributed by atoms with Crippen molar-refractivity contribution in [2.45, 2.75) is 81.3 Å². The third kappa shape index (κ3) is 8.65. The Morgan fingerprint density at radius 2 is 1.57 bits per heavy atom. The number of thiol groups is 1. The maximum atomic E-state index is 13.1. The van der Waals surface area contributed by atoms with E-state index in [1.54, 1.807) is 21.1 Å². The first kappa shape index (κ1) is 40.2. The Morgan fingerprint density at radius 3 is 2.15 bits per heavy atom. The summed E-state index contributed by atoms with van der Waals surface area (Å²) >= 11 is 10.9. The Balaban J connectivity index is 1.36. The van der Waals surface area contributed by atoms with Crippen molar-refractivity contribution in [1.29, 1.82) is 0 Å². The summed E-state index contributed by atoms with van der Waals surface area (Å²) in [6.07, 6.45) is 2.12. The van der Waals surface area contributed by atoms with Gasteiger partial charge in [-0.3, -0.25) is 14.3 Å². The van der Waals surface area contributed by atoms with Gasteiger partial charge in [-0.15, -0.1) is 0 Å². The molecule has 1 unspecified atom stereocenters. The molecule has 288 valence electrons. The minimum atomic E-state index is -2.28. The smallest absolute Gasteiger partial charge is 0.330 e. The summed E-state index contributed by atoms with van der Waals surface area (Å²) in [6, 6.07) is 25.5. The van der Waals surface area contributed by atoms with Crippen LogP contribution in [0.3, 0.4) is 0 Å². The van der Waals surface area contributed by atoms with Gasteiger partial charge in [0.15, 0.2) is 7.15 Å². The molecule has 3 aromatic carbocycles. The Kier molecular flexibility index (Phi) is 12.7. The third-order valence-corrected chi connectivity index (χ3v) is 12.7. The molecule has 4 aromatic rings. The Hall–Kier alpha value is -3.48. The zero-order chi connectivity index (χ0) is 38.6. The van der Waals surface area contributed by atoms with Gasteiger partial charge in [0.2, 0.25) is 0 Å². The molecule has 10 nitrogen and oxygen atoms in total. The van der Waals surface area contributed by atoms with Crippen LogP contribution in [0.1, 0.15) is 68.0 Å². The van der Waals surface area contributed by atoms with Crippen LogP contribution in [0.4, 0.5) is 0 Å². The van der Waals surface area contributed by atoms with E-state index in [9.17, 15) is 9.59 Å². The van der Waals surface area contributed by atoms with E-state index in [4.69, 9.17) is 52.4 Å². The number of allylic oxidation sites excluding steroid dienone is 1. The number of nitrogens with zero attached hydrogens (tertiary/aromatic N) is 1. The lowest BCUT2D eigenvalue weighted by Gasteiger charge is -2.41. The van der Waals surface area contributed by atoms with Gasteiger partial charge in [-0.25, -0.2) is 4.79 Å². The molecule has 2 fully saturated rings. The molecule has 1 aliphatic carbocycles. The van der Waals surface area contributed by atoms with Crippen molar-refractivity contribution in [3.63, 3.8) is 0 Å². The number of H-pyrrole nitrogens is 1. The lowest BCUT2D eigenvalue weighted by atomic mass is 9.77. The predicted octanol–water partition coefficient (Wildman–Crippen LogP) is 7.50. The van der Waals surface area contributed by atoms with Crippen molar-refractivity contribution < 1.29 is 28.0 Å². The highest BCUT2D eigenvalue weighted by Gasteiger charge is 2.44. The van der Waals surface area contributed by atoms with Gasteiger partial charge in [-0.05, 0) is 98.7 Å². The molecule has 0 radical (unpaired) electrons. The molecular formula is C41H49N2O8PS2. The van der Waals surface area contributed by atoms with Gasteiger partial charge in [-0.2, -0.15) is 12.6 Å². The fourth-order valence-corrected chi connectivity index (χ4v) is 9.62. The van der Waals surface area contributed by atoms with E-state index in [1.165, 1.54) is 10.8 Å². The molecule has 7 atom stereocenters. The molecule has 0 bridgehead atoms. The summed E-state index contributed by atoms with van der Waals surface area (Å²) < 4.78 is 39.0. The number of benzene rings is 3. The van der Waals surface area contributed by atoms with Crippen LogP contribution in [0.5, 0.6) is 11.5 Å². The van der Waals surface area contributed by atoms with Crippen LogP contribution in [-0.2, 0) is 35.9 Å². The van der Waals surface area contributed by atoms with Crippen molar-refractivity contribution in [3.8, 4) is 11.5 Å². The third-order valence-electron chi connectivity index (χ3n) is 10.6. The van der Waals surface area contributed by atoms with E-state index in [0.29, 0.717) is 23.0 Å². The highest BCUT2D eigenvalue weighted by molar-refractivity contribution is 8.00. The zero-order valence-corrected chi connectivity index (χ0v) is 34.0. The van der Waals surface area contributed by atoms with Gasteiger partial charge in [0.05, 0.1) is 33.0 Å². The van der Waals surface area contributed by atoms with Crippen molar-refractivity contribution >= 4 is 31.6 Å². The normalized spacial score (nSPS) is 24.9. The first-order valence-electron chi connectivity index (χ1n) is 18.1. The highest BCUT2D eigenvalue weighted by atomic mass is 32.4. The van der Waals surface area contributed by atoms with Crippen LogP contribution >= 0.6 is 19.8 Å². The molecule has 2 heterocycles. The molecule has 1 N–H and O–H groups in total. The molecule has 1 saturated carbocycles. The molecule has 6 rings (SSSR count). The number of methoxy groups -OCH3 is 2. The number of aryl methyl sites for hydroxylation is 1. The van der Waals surface area contributed by atoms with Crippen molar-refractivity contribution in [2.24, 2.45) is 5.92 Å². The van der Waals surface area contributed by atoms with Crippen LogP contribution < -0.4 is 20.7 Å². The molecule has 1 saturated heterocycles. The number of ether oxygens (including phenoxy) is 4. The van der Waals surface area contributed by atoms with E-state index in [2.05, 4.69) is 18.5 Å². The lowest BCUT2D eigenvalue weighted by Crippen LogP contribution is -2.41. The van der Waals surface area contributed by atoms with Gasteiger partial charge in [0.25, 0.3) is 5.56 Å². The van der Waals surface area contributed by atoms with Crippen LogP contribution in [0.2, 0.25) is 0 Å². The van der Waals surface area contributed by atoms with Crippen molar-refractivity contribution in [3.05, 3.63) is 140 Å². The Morgan fingerprint density at radius 1 is 0.981 bits per heavy atom. The van der Waals surface area contributed by atoms with Crippen molar-refractivity contribution in [2.75, 3.05) is 20.8 Å². The highest BCUT2D eigenvalue weighted by Crippen LogP contribution is 2.47. The van der Waals surface area contributed by atoms with E-state index in [1.807, 2.05) is 85.8 Å². The summed E-state index contributed by atoms with van der Waals surface area (Å²) in [7, 11) is 0.981. The Bertz CT molecular complexity index is 2010. The van der Waals surface area contributed by atoms with Crippen molar-refractivity contribution in [1.82, 2.24) is 9.55 Å². The monoisotopic (exact) mass is 792 g/mol. The topological polar surface area (TPSA) is 110 Å². The first-order valence-corrected chi connectivity index (χ1v) is 21.0. The second-order valence-electron chi connectivity index (χ2n) is 14.3. The second-order valence-corrected chi connectivity index (χ2v) is 17.3. The minimum absolute atomic E-state index is 0.0428. The van der Waals surface area contributed by atoms with Gasteiger partial charge in [-0.1, -0.05) is 66.7 Å². The number of aromatic nitrogens is 2. The molecule has 2 aliphatic rings. The summed E-state index contributed by atoms with van der Waals surface area (Å²) in [5, 5.41) is 0. The molecule has 1 aromatic heterocycles. The van der Waals surface area contributed by atoms with Gasteiger partial charge < -0.3 is 28.0 Å². The van der Waals surface area contributed by atoms with Gasteiger partial charge in [0.1, 0.15) is 29.4 Å². The molecule has 1 aliphatic heterocycles. The first-order chi connectivity index (χ1) is 25.8. The SMILES string of the molecule is C=C(C)[C@H]1CC[C@@](C)(S)[C@H](O[PH](=S)O[C@H]2C[C@H](n3cc(C)c(=O)[nH]c3=O)O[C@@H]2COC(c2ccccc2)(c2ccc(OC)cc2)c2ccc(OC)cc2)C1. The average molecular weight is 793 g/mol. The maximum absolute atomic E-state index is 13.1. The lowest BCUT2D eigenvalue weighted by molar-refractivity contribution is -0.0917. The second kappa shape index (κ2) is 17.1. The molecule has 0 spiro atoms. The molecule has 13 heteroatoms. The number of hydrogen-bond donors (Lipinski definition) is 2. The van der Waals surface area contributed by atoms with E-state index < -0.39 is 42.4 Å². The van der Waals surface area contributed by atoms with E-state index >= 15 is 0 Å². The summed E-state index contributed by atoms with van der Waals surface area (Å²) in [5.74, 6) is 1.73. The number of nitrogens with one attached hydrogen (secondary N) is 1. The largest absolute Gasteiger partial charge is 0.497 e. The van der Waals surface area contributed by atoms with E-state index in [-0.39, 0.29) is 23.9 Å². The number of hydrogen-bond acceptors (Lipinski definition) is 10. The molecule has 0 amide bonds. The van der Waals surface area contributed by atoms with Crippen LogP contribution in [0, 0.1) is 12.8 Å². The van der Waals surface area contributed by atoms with E-state index in [0.717, 1.165) is 41.5 Å². The number of rotatable bonds is 14. The predicted molar refractivity (Wildman–Crippen MR) is 218 cm³/mol. The van der Waals surface area contributed by atoms with Crippen LogP contribution in [-0.4, -0.2) is 53.4 Å². The summed E-state index contributed by atoms with van der Waals surface area (Å²) in [5.41, 5.74) is 1.94. The van der Waals surface area contributed by atoms with Gasteiger partial charge in [0, 0.05) is 22.9 Å². The minimum Gasteiger partial charge on any atom is -0.497 e. The average Bonchev–Trinajstić information content (AvgIpc) is 3.56. The fraction of sp³-hybridized carbons (Fsp3) is 0.415. The number of aromatic amines is 1. The quantitative estimate of drug-likeness (QED) is 0.0581. The van der Waals surface area contributed by atoms with Crippen LogP contribution in [0.15, 0.2) is 107 Å².